The molecule has 12 heteroatoms. The summed E-state index contributed by atoms with van der Waals surface area (Å²) in [6, 6.07) is 15.3. The van der Waals surface area contributed by atoms with Gasteiger partial charge in [0, 0.05) is 25.4 Å². The topological polar surface area (TPSA) is 171 Å². The van der Waals surface area contributed by atoms with Crippen molar-refractivity contribution in [1.82, 2.24) is 19.9 Å². The number of anilines is 4. The molecule has 0 unspecified atom stereocenters. The molecule has 0 spiro atoms. The van der Waals surface area contributed by atoms with Gasteiger partial charge in [-0.05, 0) is 43.0 Å². The van der Waals surface area contributed by atoms with Crippen molar-refractivity contribution in [3.8, 4) is 11.4 Å². The van der Waals surface area contributed by atoms with Crippen LogP contribution in [0, 0.1) is 11.7 Å². The Hall–Kier alpha value is -4.55. The maximum Gasteiger partial charge on any atom is 0.291 e. The minimum absolute atomic E-state index is 0.00145. The second-order valence-corrected chi connectivity index (χ2v) is 9.68. The van der Waals surface area contributed by atoms with Gasteiger partial charge in [-0.15, -0.1) is 0 Å². The highest BCUT2D eigenvalue weighted by Gasteiger charge is 2.24. The van der Waals surface area contributed by atoms with E-state index < -0.39 is 17.8 Å². The molecule has 5 rings (SSSR count). The highest BCUT2D eigenvalue weighted by molar-refractivity contribution is 6.04. The second kappa shape index (κ2) is 12.1. The number of nitrogens with one attached hydrogen (secondary N) is 3. The number of rotatable bonds is 9. The molecule has 1 aliphatic heterocycles. The Morgan fingerprint density at radius 1 is 1.10 bits per heavy atom. The van der Waals surface area contributed by atoms with E-state index in [-0.39, 0.29) is 18.4 Å². The molecule has 1 saturated heterocycles. The van der Waals surface area contributed by atoms with Crippen LogP contribution in [0.15, 0.2) is 60.8 Å². The maximum atomic E-state index is 14.9. The van der Waals surface area contributed by atoms with E-state index in [4.69, 9.17) is 11.5 Å². The lowest BCUT2D eigenvalue weighted by Crippen LogP contribution is -2.37. The standard InChI is InChI=1S/C28H32FN9O2/c29-19-7-4-8-20(25(19)38-11-9-17(14-30)10-12-38)35-27(40)26-32-15-22(34-26)21-13-24(37-28(31)36-21)33-23(16-39)18-5-2-1-3-6-18/h1-8,13,15,17,23,39H,9-12,14,16,30H2,(H,32,34)(H,35,40)(H3,31,33,36,37)/t23-/m0/s1. The van der Waals surface area contributed by atoms with Gasteiger partial charge in [-0.25, -0.2) is 14.4 Å². The third-order valence-electron chi connectivity index (χ3n) is 7.00. The summed E-state index contributed by atoms with van der Waals surface area (Å²) in [5, 5.41) is 15.8. The largest absolute Gasteiger partial charge is 0.394 e. The summed E-state index contributed by atoms with van der Waals surface area (Å²) in [4.78, 5) is 30.8. The van der Waals surface area contributed by atoms with Gasteiger partial charge in [-0.1, -0.05) is 36.4 Å². The van der Waals surface area contributed by atoms with E-state index in [1.807, 2.05) is 35.2 Å². The van der Waals surface area contributed by atoms with E-state index in [0.717, 1.165) is 18.4 Å². The van der Waals surface area contributed by atoms with Crippen LogP contribution in [0.4, 0.5) is 27.5 Å². The molecule has 8 N–H and O–H groups in total. The molecule has 40 heavy (non-hydrogen) atoms. The lowest BCUT2D eigenvalue weighted by molar-refractivity contribution is 0.101. The molecule has 0 aliphatic carbocycles. The number of aromatic amines is 1. The summed E-state index contributed by atoms with van der Waals surface area (Å²) < 4.78 is 14.9. The van der Waals surface area contributed by atoms with Crippen LogP contribution in [-0.4, -0.2) is 57.2 Å². The van der Waals surface area contributed by atoms with Gasteiger partial charge in [0.25, 0.3) is 5.91 Å². The van der Waals surface area contributed by atoms with Gasteiger partial charge >= 0.3 is 0 Å². The number of H-pyrrole nitrogens is 1. The zero-order valence-corrected chi connectivity index (χ0v) is 21.8. The number of hydrogen-bond donors (Lipinski definition) is 6. The predicted octanol–water partition coefficient (Wildman–Crippen LogP) is 3.16. The van der Waals surface area contributed by atoms with Crippen molar-refractivity contribution in [2.24, 2.45) is 11.7 Å². The average Bonchev–Trinajstić information content (AvgIpc) is 3.47. The smallest absolute Gasteiger partial charge is 0.291 e. The summed E-state index contributed by atoms with van der Waals surface area (Å²) in [6.45, 7) is 1.76. The Labute approximate surface area is 230 Å². The average molecular weight is 546 g/mol. The van der Waals surface area contributed by atoms with Gasteiger partial charge in [0.15, 0.2) is 5.82 Å². The molecule has 1 fully saturated rings. The minimum atomic E-state index is -0.528. The van der Waals surface area contributed by atoms with Crippen LogP contribution in [0.1, 0.15) is 35.1 Å². The van der Waals surface area contributed by atoms with Crippen molar-refractivity contribution in [3.05, 3.63) is 78.0 Å². The fourth-order valence-corrected chi connectivity index (χ4v) is 4.85. The number of para-hydroxylation sites is 1. The van der Waals surface area contributed by atoms with E-state index in [2.05, 4.69) is 30.6 Å². The fourth-order valence-electron chi connectivity index (χ4n) is 4.85. The summed E-state index contributed by atoms with van der Waals surface area (Å²) >= 11 is 0. The molecule has 3 heterocycles. The number of aromatic nitrogens is 4. The molecule has 0 bridgehead atoms. The first-order valence-corrected chi connectivity index (χ1v) is 13.1. The van der Waals surface area contributed by atoms with Crippen LogP contribution in [0.3, 0.4) is 0 Å². The Morgan fingerprint density at radius 3 is 2.60 bits per heavy atom. The molecule has 2 aromatic heterocycles. The molecule has 4 aromatic rings. The number of halogens is 1. The van der Waals surface area contributed by atoms with E-state index in [1.165, 1.54) is 12.3 Å². The number of nitrogen functional groups attached to an aromatic ring is 1. The molecule has 1 amide bonds. The molecule has 2 aromatic carbocycles. The first-order valence-electron chi connectivity index (χ1n) is 13.1. The van der Waals surface area contributed by atoms with Gasteiger partial charge in [-0.2, -0.15) is 4.98 Å². The van der Waals surface area contributed by atoms with Crippen LogP contribution in [0.5, 0.6) is 0 Å². The minimum Gasteiger partial charge on any atom is -0.394 e. The molecule has 0 radical (unpaired) electrons. The van der Waals surface area contributed by atoms with Gasteiger partial charge in [0.1, 0.15) is 17.3 Å². The van der Waals surface area contributed by atoms with Gasteiger partial charge < -0.3 is 37.1 Å². The molecule has 11 nitrogen and oxygen atoms in total. The maximum absolute atomic E-state index is 14.9. The SMILES string of the molecule is NCC1CCN(c2c(F)cccc2NC(=O)c2nc(-c3cc(N[C@@H](CO)c4ccccc4)nc(N)n3)c[nH]2)CC1. The van der Waals surface area contributed by atoms with Gasteiger partial charge in [0.05, 0.1) is 29.7 Å². The van der Waals surface area contributed by atoms with Crippen molar-refractivity contribution < 1.29 is 14.3 Å². The summed E-state index contributed by atoms with van der Waals surface area (Å²) in [6.07, 6.45) is 3.26. The van der Waals surface area contributed by atoms with Crippen molar-refractivity contribution in [1.29, 1.82) is 0 Å². The number of aliphatic hydroxyl groups excluding tert-OH is 1. The third-order valence-corrected chi connectivity index (χ3v) is 7.00. The van der Waals surface area contributed by atoms with Crippen LogP contribution >= 0.6 is 0 Å². The lowest BCUT2D eigenvalue weighted by atomic mass is 9.96. The first kappa shape index (κ1) is 27.0. The predicted molar refractivity (Wildman–Crippen MR) is 152 cm³/mol. The molecule has 0 saturated carbocycles. The first-order chi connectivity index (χ1) is 19.4. The second-order valence-electron chi connectivity index (χ2n) is 9.68. The van der Waals surface area contributed by atoms with Crippen LogP contribution in [0.2, 0.25) is 0 Å². The molecular formula is C28H32FN9O2. The fraction of sp³-hybridized carbons (Fsp3) is 0.286. The normalized spacial score (nSPS) is 14.6. The summed E-state index contributed by atoms with van der Waals surface area (Å²) in [7, 11) is 0. The highest BCUT2D eigenvalue weighted by Crippen LogP contribution is 2.33. The van der Waals surface area contributed by atoms with Gasteiger partial charge in [0.2, 0.25) is 5.95 Å². The van der Waals surface area contributed by atoms with E-state index in [1.54, 1.807) is 18.2 Å². The number of nitrogens with two attached hydrogens (primary N) is 2. The molecule has 1 atom stereocenters. The summed E-state index contributed by atoms with van der Waals surface area (Å²) in [5.41, 5.74) is 14.1. The Balaban J connectivity index is 1.33. The van der Waals surface area contributed by atoms with E-state index >= 15 is 0 Å². The molecular weight excluding hydrogens is 513 g/mol. The van der Waals surface area contributed by atoms with Crippen LogP contribution in [-0.2, 0) is 0 Å². The number of piperidine rings is 1. The number of aliphatic hydroxyl groups is 1. The number of nitrogens with zero attached hydrogens (tertiary/aromatic N) is 4. The van der Waals surface area contributed by atoms with Crippen molar-refractivity contribution >= 4 is 29.0 Å². The molecule has 1 aliphatic rings. The number of amides is 1. The number of benzene rings is 2. The van der Waals surface area contributed by atoms with Gasteiger partial charge in [-0.3, -0.25) is 4.79 Å². The molecule has 208 valence electrons. The zero-order valence-electron chi connectivity index (χ0n) is 21.8. The summed E-state index contributed by atoms with van der Waals surface area (Å²) in [5.74, 6) is -0.0980. The monoisotopic (exact) mass is 545 g/mol. The van der Waals surface area contributed by atoms with Crippen molar-refractivity contribution in [2.45, 2.75) is 18.9 Å². The zero-order chi connectivity index (χ0) is 28.1. The Kier molecular flexibility index (Phi) is 8.18. The van der Waals surface area contributed by atoms with Crippen molar-refractivity contribution in [3.63, 3.8) is 0 Å². The van der Waals surface area contributed by atoms with Crippen LogP contribution in [0.25, 0.3) is 11.4 Å². The quantitative estimate of drug-likeness (QED) is 0.185. The van der Waals surface area contributed by atoms with Crippen molar-refractivity contribution in [2.75, 3.05) is 47.5 Å². The van der Waals surface area contributed by atoms with Crippen LogP contribution < -0.4 is 27.0 Å². The highest BCUT2D eigenvalue weighted by atomic mass is 19.1. The number of carbonyl (C=O) groups excluding carboxylic acids is 1. The van der Waals surface area contributed by atoms with E-state index in [0.29, 0.717) is 54.1 Å². The Bertz CT molecular complexity index is 1460. The third kappa shape index (κ3) is 6.03. The van der Waals surface area contributed by atoms with E-state index in [9.17, 15) is 14.3 Å². The Morgan fingerprint density at radius 2 is 1.88 bits per heavy atom. The number of carbonyl (C=O) groups is 1. The number of imidazole rings is 1. The number of hydrogen-bond acceptors (Lipinski definition) is 9. The lowest BCUT2D eigenvalue weighted by Gasteiger charge is -2.34.